The first kappa shape index (κ1) is 16.5. The number of hydrogen-bond acceptors (Lipinski definition) is 2. The zero-order valence-electron chi connectivity index (χ0n) is 13.9. The van der Waals surface area contributed by atoms with E-state index in [4.69, 9.17) is 5.73 Å². The number of amides is 1. The number of benzene rings is 3. The van der Waals surface area contributed by atoms with Crippen molar-refractivity contribution in [2.45, 2.75) is 6.54 Å². The number of nitrogen functional groups attached to an aromatic ring is 1. The molecule has 0 bridgehead atoms. The molecule has 0 heterocycles. The van der Waals surface area contributed by atoms with E-state index in [9.17, 15) is 4.79 Å². The average molecular weight is 328 g/mol. The summed E-state index contributed by atoms with van der Waals surface area (Å²) in [7, 11) is 0. The summed E-state index contributed by atoms with van der Waals surface area (Å²) in [6, 6.07) is 27.1. The van der Waals surface area contributed by atoms with Gasteiger partial charge in [-0.1, -0.05) is 60.7 Å². The molecule has 0 aliphatic rings. The fraction of sp³-hybridized carbons (Fsp3) is 0.0455. The molecular formula is C22H20N2O. The lowest BCUT2D eigenvalue weighted by Gasteiger charge is -2.21. The number of hydrogen-bond donors (Lipinski definition) is 1. The van der Waals surface area contributed by atoms with E-state index in [-0.39, 0.29) is 5.91 Å². The lowest BCUT2D eigenvalue weighted by atomic mass is 10.1. The van der Waals surface area contributed by atoms with Crippen molar-refractivity contribution in [1.29, 1.82) is 0 Å². The van der Waals surface area contributed by atoms with Gasteiger partial charge in [0.05, 0.1) is 6.54 Å². The van der Waals surface area contributed by atoms with Crippen LogP contribution in [0, 0.1) is 0 Å². The minimum atomic E-state index is -0.0631. The third-order valence-electron chi connectivity index (χ3n) is 3.87. The first-order valence-electron chi connectivity index (χ1n) is 8.16. The van der Waals surface area contributed by atoms with Gasteiger partial charge in [-0.15, -0.1) is 0 Å². The van der Waals surface area contributed by atoms with Crippen molar-refractivity contribution in [2.24, 2.45) is 0 Å². The molecule has 25 heavy (non-hydrogen) atoms. The van der Waals surface area contributed by atoms with Crippen molar-refractivity contribution in [3.63, 3.8) is 0 Å². The summed E-state index contributed by atoms with van der Waals surface area (Å²) in [6.45, 7) is 0.524. The number of anilines is 2. The van der Waals surface area contributed by atoms with Gasteiger partial charge < -0.3 is 10.6 Å². The standard InChI is InChI=1S/C22H20N2O/c23-20-14-11-18(12-15-20)13-16-22(25)24(21-9-5-2-6-10-21)17-19-7-3-1-4-8-19/h1-16H,17,23H2/b16-13+. The quantitative estimate of drug-likeness (QED) is 0.553. The second-order valence-corrected chi connectivity index (χ2v) is 5.75. The molecule has 3 rings (SSSR count). The van der Waals surface area contributed by atoms with Crippen LogP contribution in [0.2, 0.25) is 0 Å². The van der Waals surface area contributed by atoms with Crippen LogP contribution >= 0.6 is 0 Å². The van der Waals surface area contributed by atoms with Gasteiger partial charge in [0, 0.05) is 17.5 Å². The van der Waals surface area contributed by atoms with Crippen molar-refractivity contribution in [2.75, 3.05) is 10.6 Å². The minimum Gasteiger partial charge on any atom is -0.399 e. The summed E-state index contributed by atoms with van der Waals surface area (Å²) in [5, 5.41) is 0. The Morgan fingerprint density at radius 1 is 0.840 bits per heavy atom. The molecule has 3 aromatic carbocycles. The van der Waals surface area contributed by atoms with E-state index < -0.39 is 0 Å². The zero-order chi connectivity index (χ0) is 17.5. The van der Waals surface area contributed by atoms with E-state index in [1.54, 1.807) is 11.0 Å². The highest BCUT2D eigenvalue weighted by atomic mass is 16.2. The van der Waals surface area contributed by atoms with E-state index in [1.165, 1.54) is 0 Å². The molecule has 0 saturated carbocycles. The van der Waals surface area contributed by atoms with Crippen LogP contribution in [0.1, 0.15) is 11.1 Å². The van der Waals surface area contributed by atoms with Crippen LogP contribution in [0.3, 0.4) is 0 Å². The lowest BCUT2D eigenvalue weighted by Crippen LogP contribution is -2.28. The number of para-hydroxylation sites is 1. The fourth-order valence-electron chi connectivity index (χ4n) is 2.53. The van der Waals surface area contributed by atoms with Gasteiger partial charge in [-0.25, -0.2) is 0 Å². The third kappa shape index (κ3) is 4.58. The van der Waals surface area contributed by atoms with Gasteiger partial charge in [0.15, 0.2) is 0 Å². The molecule has 0 saturated heterocycles. The zero-order valence-corrected chi connectivity index (χ0v) is 13.9. The summed E-state index contributed by atoms with van der Waals surface area (Å²) in [5.74, 6) is -0.0631. The molecule has 0 spiro atoms. The van der Waals surface area contributed by atoms with Crippen molar-refractivity contribution >= 4 is 23.4 Å². The van der Waals surface area contributed by atoms with Crippen LogP contribution in [-0.2, 0) is 11.3 Å². The Morgan fingerprint density at radius 3 is 2.08 bits per heavy atom. The van der Waals surface area contributed by atoms with E-state index in [2.05, 4.69) is 0 Å². The van der Waals surface area contributed by atoms with Crippen LogP contribution in [0.25, 0.3) is 6.08 Å². The smallest absolute Gasteiger partial charge is 0.251 e. The van der Waals surface area contributed by atoms with Gasteiger partial charge in [0.25, 0.3) is 5.91 Å². The summed E-state index contributed by atoms with van der Waals surface area (Å²) >= 11 is 0. The number of nitrogens with two attached hydrogens (primary N) is 1. The molecule has 124 valence electrons. The second-order valence-electron chi connectivity index (χ2n) is 5.75. The minimum absolute atomic E-state index is 0.0631. The predicted molar refractivity (Wildman–Crippen MR) is 104 cm³/mol. The normalized spacial score (nSPS) is 10.7. The molecule has 0 radical (unpaired) electrons. The molecule has 0 fully saturated rings. The van der Waals surface area contributed by atoms with Crippen molar-refractivity contribution in [3.05, 3.63) is 102 Å². The Bertz CT molecular complexity index is 840. The third-order valence-corrected chi connectivity index (χ3v) is 3.87. The molecule has 1 amide bonds. The molecule has 0 atom stereocenters. The Balaban J connectivity index is 1.83. The van der Waals surface area contributed by atoms with Crippen LogP contribution in [0.4, 0.5) is 11.4 Å². The Kier molecular flexibility index (Phi) is 5.27. The topological polar surface area (TPSA) is 46.3 Å². The van der Waals surface area contributed by atoms with E-state index >= 15 is 0 Å². The van der Waals surface area contributed by atoms with Gasteiger partial charge in [0.2, 0.25) is 0 Å². The van der Waals surface area contributed by atoms with Crippen molar-refractivity contribution in [3.8, 4) is 0 Å². The average Bonchev–Trinajstić information content (AvgIpc) is 2.67. The van der Waals surface area contributed by atoms with Crippen LogP contribution in [-0.4, -0.2) is 5.91 Å². The highest BCUT2D eigenvalue weighted by Crippen LogP contribution is 2.18. The van der Waals surface area contributed by atoms with E-state index in [0.29, 0.717) is 12.2 Å². The van der Waals surface area contributed by atoms with Crippen LogP contribution < -0.4 is 10.6 Å². The molecule has 0 aliphatic carbocycles. The Hall–Kier alpha value is -3.33. The molecule has 3 heteroatoms. The van der Waals surface area contributed by atoms with Gasteiger partial charge in [0.1, 0.15) is 0 Å². The Labute approximate surface area is 148 Å². The van der Waals surface area contributed by atoms with Gasteiger partial charge in [-0.3, -0.25) is 4.79 Å². The molecule has 2 N–H and O–H groups in total. The number of rotatable bonds is 5. The molecule has 3 nitrogen and oxygen atoms in total. The SMILES string of the molecule is Nc1ccc(/C=C/C(=O)N(Cc2ccccc2)c2ccccc2)cc1. The molecule has 0 aromatic heterocycles. The molecular weight excluding hydrogens is 308 g/mol. The largest absolute Gasteiger partial charge is 0.399 e. The van der Waals surface area contributed by atoms with Crippen LogP contribution in [0.5, 0.6) is 0 Å². The second kappa shape index (κ2) is 7.97. The highest BCUT2D eigenvalue weighted by molar-refractivity contribution is 6.03. The Morgan fingerprint density at radius 2 is 1.44 bits per heavy atom. The summed E-state index contributed by atoms with van der Waals surface area (Å²) in [6.07, 6.45) is 3.41. The van der Waals surface area contributed by atoms with E-state index in [0.717, 1.165) is 16.8 Å². The van der Waals surface area contributed by atoms with Crippen molar-refractivity contribution in [1.82, 2.24) is 0 Å². The van der Waals surface area contributed by atoms with Gasteiger partial charge in [-0.2, -0.15) is 0 Å². The maximum Gasteiger partial charge on any atom is 0.251 e. The first-order chi connectivity index (χ1) is 12.2. The van der Waals surface area contributed by atoms with Crippen LogP contribution in [0.15, 0.2) is 91.0 Å². The maximum absolute atomic E-state index is 12.8. The highest BCUT2D eigenvalue weighted by Gasteiger charge is 2.13. The summed E-state index contributed by atoms with van der Waals surface area (Å²) < 4.78 is 0. The first-order valence-corrected chi connectivity index (χ1v) is 8.16. The van der Waals surface area contributed by atoms with Gasteiger partial charge >= 0.3 is 0 Å². The van der Waals surface area contributed by atoms with Gasteiger partial charge in [-0.05, 0) is 41.5 Å². The monoisotopic (exact) mass is 328 g/mol. The molecule has 0 aliphatic heterocycles. The summed E-state index contributed by atoms with van der Waals surface area (Å²) in [4.78, 5) is 14.6. The van der Waals surface area contributed by atoms with E-state index in [1.807, 2.05) is 91.0 Å². The van der Waals surface area contributed by atoms with Crippen molar-refractivity contribution < 1.29 is 4.79 Å². The fourth-order valence-corrected chi connectivity index (χ4v) is 2.53. The number of carbonyl (C=O) groups excluding carboxylic acids is 1. The number of carbonyl (C=O) groups is 1. The predicted octanol–water partition coefficient (Wildman–Crippen LogP) is 4.52. The molecule has 3 aromatic rings. The molecule has 0 unspecified atom stereocenters. The lowest BCUT2D eigenvalue weighted by molar-refractivity contribution is -0.114. The maximum atomic E-state index is 12.8. The summed E-state index contributed by atoms with van der Waals surface area (Å²) in [5.41, 5.74) is 9.30. The number of nitrogens with zero attached hydrogens (tertiary/aromatic N) is 1.